The van der Waals surface area contributed by atoms with Crippen molar-refractivity contribution in [3.8, 4) is 11.8 Å². The number of para-hydroxylation sites is 1. The largest absolute Gasteiger partial charge is 0.487 e. The smallest absolute Gasteiger partial charge is 0.264 e. The molecule has 0 N–H and O–H groups in total. The number of halogens is 2. The van der Waals surface area contributed by atoms with Crippen LogP contribution in [-0.2, 0) is 11.4 Å². The summed E-state index contributed by atoms with van der Waals surface area (Å²) in [4.78, 5) is 17.1. The van der Waals surface area contributed by atoms with Crippen LogP contribution in [-0.4, -0.2) is 37.0 Å². The number of nitriles is 1. The zero-order chi connectivity index (χ0) is 24.8. The molecule has 3 aromatic rings. The van der Waals surface area contributed by atoms with Gasteiger partial charge >= 0.3 is 0 Å². The van der Waals surface area contributed by atoms with Gasteiger partial charge < -0.3 is 14.5 Å². The van der Waals surface area contributed by atoms with Crippen LogP contribution in [0.4, 0.5) is 5.69 Å². The highest BCUT2D eigenvalue weighted by molar-refractivity contribution is 14.1. The first-order valence-electron chi connectivity index (χ1n) is 11.3. The monoisotopic (exact) mass is 689 g/mol. The molecule has 35 heavy (non-hydrogen) atoms. The summed E-state index contributed by atoms with van der Waals surface area (Å²) >= 11 is 4.49. The summed E-state index contributed by atoms with van der Waals surface area (Å²) in [5, 5.41) is 9.74. The van der Waals surface area contributed by atoms with E-state index < -0.39 is 0 Å². The number of amides is 1. The molecule has 0 atom stereocenters. The first-order valence-corrected chi connectivity index (χ1v) is 13.5. The minimum absolute atomic E-state index is 0.151. The van der Waals surface area contributed by atoms with Crippen LogP contribution in [0.1, 0.15) is 16.7 Å². The molecule has 0 unspecified atom stereocenters. The van der Waals surface area contributed by atoms with Crippen molar-refractivity contribution in [2.45, 2.75) is 13.5 Å². The Balaban J connectivity index is 1.43. The van der Waals surface area contributed by atoms with Gasteiger partial charge in [0.15, 0.2) is 0 Å². The lowest BCUT2D eigenvalue weighted by molar-refractivity contribution is -0.126. The van der Waals surface area contributed by atoms with E-state index in [2.05, 4.69) is 99.5 Å². The van der Waals surface area contributed by atoms with Crippen molar-refractivity contribution >= 4 is 62.9 Å². The Morgan fingerprint density at radius 3 is 2.23 bits per heavy atom. The molecule has 1 aliphatic rings. The van der Waals surface area contributed by atoms with Gasteiger partial charge in [0.2, 0.25) is 0 Å². The molecule has 0 bridgehead atoms. The van der Waals surface area contributed by atoms with Crippen molar-refractivity contribution in [2.24, 2.45) is 0 Å². The number of rotatable bonds is 6. The summed E-state index contributed by atoms with van der Waals surface area (Å²) in [6.07, 6.45) is 1.68. The lowest BCUT2D eigenvalue weighted by atomic mass is 10.1. The number of piperazine rings is 1. The van der Waals surface area contributed by atoms with E-state index in [4.69, 9.17) is 4.74 Å². The summed E-state index contributed by atoms with van der Waals surface area (Å²) in [7, 11) is 0. The summed E-state index contributed by atoms with van der Waals surface area (Å²) < 4.78 is 7.97. The predicted molar refractivity (Wildman–Crippen MR) is 156 cm³/mol. The Morgan fingerprint density at radius 2 is 1.63 bits per heavy atom. The molecule has 0 spiro atoms. The molecule has 1 heterocycles. The summed E-state index contributed by atoms with van der Waals surface area (Å²) in [6, 6.07) is 24.5. The third-order valence-corrected chi connectivity index (χ3v) is 7.48. The summed E-state index contributed by atoms with van der Waals surface area (Å²) in [5.41, 5.74) is 4.45. The number of carbonyl (C=O) groups is 1. The van der Waals surface area contributed by atoms with Crippen LogP contribution in [0.2, 0.25) is 0 Å². The maximum Gasteiger partial charge on any atom is 0.264 e. The number of benzene rings is 3. The van der Waals surface area contributed by atoms with Crippen molar-refractivity contribution in [1.29, 1.82) is 5.26 Å². The molecule has 1 amide bonds. The molecule has 0 aromatic heterocycles. The van der Waals surface area contributed by atoms with Gasteiger partial charge in [0, 0.05) is 31.9 Å². The van der Waals surface area contributed by atoms with Crippen LogP contribution in [0.3, 0.4) is 0 Å². The standard InChI is InChI=1S/C28H25I2N3O2/c1-20-7-9-21(10-8-20)19-35-27-25(29)16-22(17-26(27)30)15-23(18-31)28(34)33-13-11-32(12-14-33)24-5-3-2-4-6-24/h2-10,15-17H,11-14,19H2,1H3/b23-15-. The van der Waals surface area contributed by atoms with Gasteiger partial charge in [0.1, 0.15) is 24.0 Å². The normalized spacial score (nSPS) is 13.9. The molecule has 1 aliphatic heterocycles. The fourth-order valence-electron chi connectivity index (χ4n) is 3.93. The molecule has 1 fully saturated rings. The lowest BCUT2D eigenvalue weighted by Crippen LogP contribution is -2.49. The zero-order valence-corrected chi connectivity index (χ0v) is 23.7. The summed E-state index contributed by atoms with van der Waals surface area (Å²) in [6.45, 7) is 5.22. The Bertz CT molecular complexity index is 1240. The number of hydrogen-bond acceptors (Lipinski definition) is 4. The first-order chi connectivity index (χ1) is 16.9. The average Bonchev–Trinajstić information content (AvgIpc) is 2.88. The molecule has 178 valence electrons. The Labute approximate surface area is 233 Å². The van der Waals surface area contributed by atoms with Crippen LogP contribution in [0, 0.1) is 25.4 Å². The third kappa shape index (κ3) is 6.55. The van der Waals surface area contributed by atoms with Gasteiger partial charge in [-0.05, 0) is 93.6 Å². The molecule has 0 aliphatic carbocycles. The SMILES string of the molecule is Cc1ccc(COc2c(I)cc(/C=C(/C#N)C(=O)N3CCN(c4ccccc4)CC3)cc2I)cc1. The van der Waals surface area contributed by atoms with E-state index in [9.17, 15) is 10.1 Å². The molecule has 5 nitrogen and oxygen atoms in total. The van der Waals surface area contributed by atoms with Gasteiger partial charge in [-0.3, -0.25) is 4.79 Å². The van der Waals surface area contributed by atoms with Crippen molar-refractivity contribution in [2.75, 3.05) is 31.1 Å². The number of anilines is 1. The number of nitrogens with zero attached hydrogens (tertiary/aromatic N) is 3. The number of carbonyl (C=O) groups excluding carboxylic acids is 1. The van der Waals surface area contributed by atoms with Gasteiger partial charge in [-0.15, -0.1) is 0 Å². The summed E-state index contributed by atoms with van der Waals surface area (Å²) in [5.74, 6) is 0.593. The van der Waals surface area contributed by atoms with Crippen molar-refractivity contribution < 1.29 is 9.53 Å². The van der Waals surface area contributed by atoms with Crippen LogP contribution in [0.5, 0.6) is 5.75 Å². The van der Waals surface area contributed by atoms with E-state index in [1.165, 1.54) is 5.56 Å². The molecule has 7 heteroatoms. The van der Waals surface area contributed by atoms with Gasteiger partial charge in [0.05, 0.1) is 7.14 Å². The van der Waals surface area contributed by atoms with Crippen molar-refractivity contribution in [3.05, 3.63) is 96.1 Å². The van der Waals surface area contributed by atoms with E-state index >= 15 is 0 Å². The highest BCUT2D eigenvalue weighted by Gasteiger charge is 2.24. The lowest BCUT2D eigenvalue weighted by Gasteiger charge is -2.36. The fourth-order valence-corrected chi connectivity index (χ4v) is 6.05. The average molecular weight is 689 g/mol. The predicted octanol–water partition coefficient (Wildman–Crippen LogP) is 6.04. The van der Waals surface area contributed by atoms with E-state index in [1.807, 2.05) is 30.3 Å². The molecular weight excluding hydrogens is 664 g/mol. The maximum atomic E-state index is 13.1. The Hall–Kier alpha value is -2.58. The highest BCUT2D eigenvalue weighted by Crippen LogP contribution is 2.31. The van der Waals surface area contributed by atoms with Gasteiger partial charge in [0.25, 0.3) is 5.91 Å². The topological polar surface area (TPSA) is 56.6 Å². The second-order valence-electron chi connectivity index (χ2n) is 8.37. The van der Waals surface area contributed by atoms with E-state index in [0.717, 1.165) is 42.8 Å². The highest BCUT2D eigenvalue weighted by atomic mass is 127. The fraction of sp³-hybridized carbons (Fsp3) is 0.214. The van der Waals surface area contributed by atoms with Crippen molar-refractivity contribution in [1.82, 2.24) is 4.90 Å². The first kappa shape index (κ1) is 25.5. The molecule has 3 aromatic carbocycles. The van der Waals surface area contributed by atoms with Crippen LogP contribution in [0.15, 0.2) is 72.3 Å². The third-order valence-electron chi connectivity index (χ3n) is 5.87. The number of hydrogen-bond donors (Lipinski definition) is 0. The van der Waals surface area contributed by atoms with Crippen LogP contribution >= 0.6 is 45.2 Å². The number of ether oxygens (including phenoxy) is 1. The van der Waals surface area contributed by atoms with Gasteiger partial charge in [-0.1, -0.05) is 48.0 Å². The Morgan fingerprint density at radius 1 is 1.00 bits per heavy atom. The maximum absolute atomic E-state index is 13.1. The minimum atomic E-state index is -0.218. The Kier molecular flexibility index (Phi) is 8.68. The molecule has 0 radical (unpaired) electrons. The molecule has 4 rings (SSSR count). The molecular formula is C28H25I2N3O2. The second kappa shape index (κ2) is 11.9. The van der Waals surface area contributed by atoms with Gasteiger partial charge in [-0.25, -0.2) is 0 Å². The van der Waals surface area contributed by atoms with Crippen molar-refractivity contribution in [3.63, 3.8) is 0 Å². The van der Waals surface area contributed by atoms with Gasteiger partial charge in [-0.2, -0.15) is 5.26 Å². The molecule has 1 saturated heterocycles. The molecule has 0 saturated carbocycles. The minimum Gasteiger partial charge on any atom is -0.487 e. The van der Waals surface area contributed by atoms with E-state index in [1.54, 1.807) is 11.0 Å². The van der Waals surface area contributed by atoms with Crippen LogP contribution in [0.25, 0.3) is 6.08 Å². The van der Waals surface area contributed by atoms with E-state index in [-0.39, 0.29) is 11.5 Å². The number of aryl methyl sites for hydroxylation is 1. The zero-order valence-electron chi connectivity index (χ0n) is 19.4. The second-order valence-corrected chi connectivity index (χ2v) is 10.7. The van der Waals surface area contributed by atoms with Crippen LogP contribution < -0.4 is 9.64 Å². The van der Waals surface area contributed by atoms with E-state index in [0.29, 0.717) is 19.7 Å². The quantitative estimate of drug-likeness (QED) is 0.180.